The highest BCUT2D eigenvalue weighted by Gasteiger charge is 2.58. The molecule has 0 aromatic heterocycles. The van der Waals surface area contributed by atoms with Gasteiger partial charge in [0.1, 0.15) is 0 Å². The molecule has 1 heterocycles. The Morgan fingerprint density at radius 1 is 1.20 bits per heavy atom. The summed E-state index contributed by atoms with van der Waals surface area (Å²) < 4.78 is 0. The summed E-state index contributed by atoms with van der Waals surface area (Å²) in [6.07, 6.45) is 4.52. The quantitative estimate of drug-likeness (QED) is 0.751. The van der Waals surface area contributed by atoms with Crippen molar-refractivity contribution >= 4 is 11.7 Å². The molecular formula is C12H19NO2. The van der Waals surface area contributed by atoms with Crippen LogP contribution in [0.5, 0.6) is 0 Å². The Bertz CT molecular complexity index is 297. The maximum absolute atomic E-state index is 11.8. The Hall–Kier alpha value is -0.860. The highest BCUT2D eigenvalue weighted by atomic mass is 16.2. The second-order valence-corrected chi connectivity index (χ2v) is 5.24. The van der Waals surface area contributed by atoms with Gasteiger partial charge < -0.3 is 5.32 Å². The number of rotatable bonds is 2. The SMILES string of the molecule is CCC1(CC)CC2(CC(=O)CNC2=O)C1. The lowest BCUT2D eigenvalue weighted by atomic mass is 9.48. The van der Waals surface area contributed by atoms with Crippen molar-refractivity contribution in [2.75, 3.05) is 6.54 Å². The number of carbonyl (C=O) groups excluding carboxylic acids is 2. The van der Waals surface area contributed by atoms with Gasteiger partial charge in [-0.25, -0.2) is 0 Å². The van der Waals surface area contributed by atoms with E-state index in [4.69, 9.17) is 0 Å². The van der Waals surface area contributed by atoms with Crippen LogP contribution in [0, 0.1) is 10.8 Å². The largest absolute Gasteiger partial charge is 0.349 e. The Kier molecular flexibility index (Phi) is 2.36. The molecule has 1 aliphatic heterocycles. The Morgan fingerprint density at radius 3 is 2.33 bits per heavy atom. The number of hydrogen-bond donors (Lipinski definition) is 1. The number of Topliss-reactive ketones (excluding diaryl/α,β-unsaturated/α-hetero) is 1. The van der Waals surface area contributed by atoms with E-state index in [2.05, 4.69) is 19.2 Å². The zero-order valence-electron chi connectivity index (χ0n) is 9.56. The lowest BCUT2D eigenvalue weighted by Gasteiger charge is -2.56. The molecule has 1 saturated heterocycles. The molecule has 0 aromatic carbocycles. The van der Waals surface area contributed by atoms with Crippen LogP contribution in [0.3, 0.4) is 0 Å². The maximum Gasteiger partial charge on any atom is 0.227 e. The van der Waals surface area contributed by atoms with Gasteiger partial charge in [-0.1, -0.05) is 26.7 Å². The van der Waals surface area contributed by atoms with Gasteiger partial charge in [0.15, 0.2) is 5.78 Å². The molecule has 0 unspecified atom stereocenters. The van der Waals surface area contributed by atoms with Crippen LogP contribution in [0.15, 0.2) is 0 Å². The van der Waals surface area contributed by atoms with Gasteiger partial charge in [-0.15, -0.1) is 0 Å². The molecule has 0 radical (unpaired) electrons. The highest BCUT2D eigenvalue weighted by molar-refractivity contribution is 5.97. The van der Waals surface area contributed by atoms with E-state index in [9.17, 15) is 9.59 Å². The molecule has 1 amide bonds. The van der Waals surface area contributed by atoms with Crippen molar-refractivity contribution in [1.29, 1.82) is 0 Å². The first-order valence-electron chi connectivity index (χ1n) is 5.86. The third-order valence-electron chi connectivity index (χ3n) is 4.39. The van der Waals surface area contributed by atoms with Gasteiger partial charge >= 0.3 is 0 Å². The van der Waals surface area contributed by atoms with Crippen LogP contribution in [0.1, 0.15) is 46.0 Å². The zero-order chi connectivity index (χ0) is 11.1. The summed E-state index contributed by atoms with van der Waals surface area (Å²) in [5.41, 5.74) is -0.00366. The molecule has 1 aliphatic carbocycles. The molecule has 0 atom stereocenters. The average Bonchev–Trinajstić information content (AvgIpc) is 2.18. The van der Waals surface area contributed by atoms with Crippen LogP contribution in [0.4, 0.5) is 0 Å². The molecule has 15 heavy (non-hydrogen) atoms. The fourth-order valence-corrected chi connectivity index (χ4v) is 3.31. The van der Waals surface area contributed by atoms with Crippen LogP contribution >= 0.6 is 0 Å². The van der Waals surface area contributed by atoms with Crippen LogP contribution < -0.4 is 5.32 Å². The minimum atomic E-state index is -0.332. The van der Waals surface area contributed by atoms with E-state index in [1.165, 1.54) is 0 Å². The fraction of sp³-hybridized carbons (Fsp3) is 0.833. The predicted molar refractivity (Wildman–Crippen MR) is 57.3 cm³/mol. The first-order chi connectivity index (χ1) is 7.06. The van der Waals surface area contributed by atoms with Crippen molar-refractivity contribution in [3.05, 3.63) is 0 Å². The molecule has 3 heteroatoms. The Labute approximate surface area is 90.6 Å². The molecule has 1 N–H and O–H groups in total. The summed E-state index contributed by atoms with van der Waals surface area (Å²) in [5, 5.41) is 2.72. The number of amides is 1. The first kappa shape index (κ1) is 10.7. The minimum Gasteiger partial charge on any atom is -0.349 e. The van der Waals surface area contributed by atoms with E-state index in [1.54, 1.807) is 0 Å². The van der Waals surface area contributed by atoms with Crippen molar-refractivity contribution in [2.24, 2.45) is 10.8 Å². The fourth-order valence-electron chi connectivity index (χ4n) is 3.31. The van der Waals surface area contributed by atoms with Gasteiger partial charge in [0, 0.05) is 6.42 Å². The number of piperidine rings is 1. The molecule has 2 aliphatic rings. The van der Waals surface area contributed by atoms with Gasteiger partial charge in [0.25, 0.3) is 0 Å². The molecule has 1 saturated carbocycles. The number of ketones is 1. The van der Waals surface area contributed by atoms with Crippen molar-refractivity contribution in [1.82, 2.24) is 5.32 Å². The topological polar surface area (TPSA) is 46.2 Å². The summed E-state index contributed by atoms with van der Waals surface area (Å²) >= 11 is 0. The Morgan fingerprint density at radius 2 is 1.80 bits per heavy atom. The van der Waals surface area contributed by atoms with Crippen molar-refractivity contribution in [2.45, 2.75) is 46.0 Å². The molecule has 3 nitrogen and oxygen atoms in total. The molecule has 2 fully saturated rings. The van der Waals surface area contributed by atoms with Crippen LogP contribution in [-0.4, -0.2) is 18.2 Å². The highest BCUT2D eigenvalue weighted by Crippen LogP contribution is 2.60. The molecule has 2 rings (SSSR count). The first-order valence-corrected chi connectivity index (χ1v) is 5.86. The third-order valence-corrected chi connectivity index (χ3v) is 4.39. The van der Waals surface area contributed by atoms with Gasteiger partial charge in [-0.2, -0.15) is 0 Å². The smallest absolute Gasteiger partial charge is 0.227 e. The van der Waals surface area contributed by atoms with Crippen molar-refractivity contribution in [3.8, 4) is 0 Å². The second kappa shape index (κ2) is 3.32. The minimum absolute atomic E-state index is 0.111. The monoisotopic (exact) mass is 209 g/mol. The lowest BCUT2D eigenvalue weighted by molar-refractivity contribution is -0.158. The molecular weight excluding hydrogens is 190 g/mol. The van der Waals surface area contributed by atoms with E-state index in [1.807, 2.05) is 0 Å². The van der Waals surface area contributed by atoms with Crippen LogP contribution in [-0.2, 0) is 9.59 Å². The van der Waals surface area contributed by atoms with E-state index in [-0.39, 0.29) is 23.7 Å². The van der Waals surface area contributed by atoms with Gasteiger partial charge in [-0.05, 0) is 18.3 Å². The van der Waals surface area contributed by atoms with E-state index < -0.39 is 0 Å². The van der Waals surface area contributed by atoms with Gasteiger partial charge in [-0.3, -0.25) is 9.59 Å². The summed E-state index contributed by atoms with van der Waals surface area (Å²) in [4.78, 5) is 23.2. The summed E-state index contributed by atoms with van der Waals surface area (Å²) in [7, 11) is 0. The van der Waals surface area contributed by atoms with Crippen LogP contribution in [0.25, 0.3) is 0 Å². The van der Waals surface area contributed by atoms with Crippen molar-refractivity contribution in [3.63, 3.8) is 0 Å². The zero-order valence-corrected chi connectivity index (χ0v) is 9.56. The number of hydrogen-bond acceptors (Lipinski definition) is 2. The van der Waals surface area contributed by atoms with Crippen LogP contribution in [0.2, 0.25) is 0 Å². The number of nitrogens with one attached hydrogen (secondary N) is 1. The lowest BCUT2D eigenvalue weighted by Crippen LogP contribution is -2.59. The van der Waals surface area contributed by atoms with E-state index in [0.717, 1.165) is 25.7 Å². The van der Waals surface area contributed by atoms with Crippen molar-refractivity contribution < 1.29 is 9.59 Å². The molecule has 0 aromatic rings. The Balaban J connectivity index is 2.11. The molecule has 0 bridgehead atoms. The third kappa shape index (κ3) is 1.48. The van der Waals surface area contributed by atoms with Gasteiger partial charge in [0.2, 0.25) is 5.91 Å². The summed E-state index contributed by atoms with van der Waals surface area (Å²) in [6.45, 7) is 4.60. The second-order valence-electron chi connectivity index (χ2n) is 5.24. The summed E-state index contributed by atoms with van der Waals surface area (Å²) in [6, 6.07) is 0. The number of carbonyl (C=O) groups is 2. The normalized spacial score (nSPS) is 27.3. The maximum atomic E-state index is 11.8. The average molecular weight is 209 g/mol. The standard InChI is InChI=1S/C12H19NO2/c1-3-11(4-2)7-12(8-11)5-9(14)6-13-10(12)15/h3-8H2,1-2H3,(H,13,15). The van der Waals surface area contributed by atoms with E-state index in [0.29, 0.717) is 11.8 Å². The van der Waals surface area contributed by atoms with E-state index >= 15 is 0 Å². The predicted octanol–water partition coefficient (Wildman–Crippen LogP) is 1.66. The summed E-state index contributed by atoms with van der Waals surface area (Å²) in [5.74, 6) is 0.301. The van der Waals surface area contributed by atoms with Gasteiger partial charge in [0.05, 0.1) is 12.0 Å². The molecule has 84 valence electrons. The molecule has 1 spiro atoms.